The summed E-state index contributed by atoms with van der Waals surface area (Å²) in [5.41, 5.74) is 10.3. The predicted molar refractivity (Wildman–Crippen MR) is 82.3 cm³/mol. The van der Waals surface area contributed by atoms with Crippen LogP contribution in [-0.4, -0.2) is 11.5 Å². The second kappa shape index (κ2) is 4.89. The molecule has 4 heteroatoms. The normalized spacial score (nSPS) is 10.9. The number of anilines is 3. The fraction of sp³-hybridized carbons (Fsp3) is 0.188. The first-order chi connectivity index (χ1) is 9.69. The lowest BCUT2D eigenvalue weighted by atomic mass is 10.2. The van der Waals surface area contributed by atoms with Crippen LogP contribution in [0.5, 0.6) is 0 Å². The Morgan fingerprint density at radius 3 is 2.75 bits per heavy atom. The number of aromatic nitrogens is 1. The minimum absolute atomic E-state index is 0.599. The van der Waals surface area contributed by atoms with E-state index in [1.165, 1.54) is 5.56 Å². The van der Waals surface area contributed by atoms with Gasteiger partial charge in [-0.3, -0.25) is 4.90 Å². The molecule has 1 aromatic heterocycles. The minimum Gasteiger partial charge on any atom is -0.423 e. The fourth-order valence-electron chi connectivity index (χ4n) is 2.32. The van der Waals surface area contributed by atoms with Gasteiger partial charge in [0, 0.05) is 24.0 Å². The third-order valence-electron chi connectivity index (χ3n) is 3.35. The van der Waals surface area contributed by atoms with Gasteiger partial charge in [-0.1, -0.05) is 18.2 Å². The van der Waals surface area contributed by atoms with Crippen LogP contribution in [0.3, 0.4) is 0 Å². The zero-order valence-corrected chi connectivity index (χ0v) is 11.6. The summed E-state index contributed by atoms with van der Waals surface area (Å²) in [4.78, 5) is 6.61. The van der Waals surface area contributed by atoms with Crippen molar-refractivity contribution in [1.29, 1.82) is 0 Å². The van der Waals surface area contributed by atoms with E-state index in [0.29, 0.717) is 17.3 Å². The number of hydrogen-bond acceptors (Lipinski definition) is 4. The topological polar surface area (TPSA) is 55.3 Å². The van der Waals surface area contributed by atoms with E-state index in [1.54, 1.807) is 6.07 Å². The SMILES string of the molecule is CCN(c1nc2ccc(N)cc2o1)c1ccccc1C. The third-order valence-corrected chi connectivity index (χ3v) is 3.35. The molecular weight excluding hydrogens is 250 g/mol. The van der Waals surface area contributed by atoms with E-state index >= 15 is 0 Å². The highest BCUT2D eigenvalue weighted by Gasteiger charge is 2.15. The molecule has 3 rings (SSSR count). The second-order valence-electron chi connectivity index (χ2n) is 4.75. The molecule has 0 atom stereocenters. The Morgan fingerprint density at radius 1 is 1.20 bits per heavy atom. The van der Waals surface area contributed by atoms with Crippen LogP contribution in [0, 0.1) is 6.92 Å². The molecule has 0 radical (unpaired) electrons. The number of oxazole rings is 1. The summed E-state index contributed by atoms with van der Waals surface area (Å²) in [5.74, 6) is 0. The van der Waals surface area contributed by atoms with Crippen molar-refractivity contribution >= 4 is 28.5 Å². The molecule has 1 heterocycles. The Balaban J connectivity index is 2.10. The van der Waals surface area contributed by atoms with E-state index in [0.717, 1.165) is 17.7 Å². The van der Waals surface area contributed by atoms with Gasteiger partial charge in [0.15, 0.2) is 5.58 Å². The van der Waals surface area contributed by atoms with Gasteiger partial charge in [0.1, 0.15) is 5.52 Å². The Morgan fingerprint density at radius 2 is 2.00 bits per heavy atom. The predicted octanol–water partition coefficient (Wildman–Crippen LogP) is 3.88. The monoisotopic (exact) mass is 267 g/mol. The number of benzene rings is 2. The zero-order chi connectivity index (χ0) is 14.1. The molecule has 0 unspecified atom stereocenters. The molecule has 20 heavy (non-hydrogen) atoms. The van der Waals surface area contributed by atoms with Gasteiger partial charge in [0.25, 0.3) is 0 Å². The quantitative estimate of drug-likeness (QED) is 0.732. The van der Waals surface area contributed by atoms with Crippen LogP contribution in [0.25, 0.3) is 11.1 Å². The maximum absolute atomic E-state index is 5.85. The number of fused-ring (bicyclic) bond motifs is 1. The summed E-state index contributed by atoms with van der Waals surface area (Å²) in [6, 6.07) is 14.3. The number of para-hydroxylation sites is 1. The maximum Gasteiger partial charge on any atom is 0.302 e. The smallest absolute Gasteiger partial charge is 0.302 e. The average molecular weight is 267 g/mol. The maximum atomic E-state index is 5.85. The van der Waals surface area contributed by atoms with Crippen LogP contribution >= 0.6 is 0 Å². The van der Waals surface area contributed by atoms with E-state index in [1.807, 2.05) is 24.3 Å². The number of nitrogens with zero attached hydrogens (tertiary/aromatic N) is 2. The second-order valence-corrected chi connectivity index (χ2v) is 4.75. The van der Waals surface area contributed by atoms with Gasteiger partial charge >= 0.3 is 6.01 Å². The van der Waals surface area contributed by atoms with Crippen molar-refractivity contribution in [2.45, 2.75) is 13.8 Å². The van der Waals surface area contributed by atoms with Crippen molar-refractivity contribution < 1.29 is 4.42 Å². The molecule has 0 aliphatic rings. The Labute approximate surface area is 117 Å². The summed E-state index contributed by atoms with van der Waals surface area (Å²) < 4.78 is 5.85. The minimum atomic E-state index is 0.599. The van der Waals surface area contributed by atoms with Crippen LogP contribution in [0.4, 0.5) is 17.4 Å². The van der Waals surface area contributed by atoms with Crippen LogP contribution in [0.1, 0.15) is 12.5 Å². The van der Waals surface area contributed by atoms with E-state index in [9.17, 15) is 0 Å². The van der Waals surface area contributed by atoms with Gasteiger partial charge < -0.3 is 10.2 Å². The molecule has 2 aromatic carbocycles. The molecule has 0 fully saturated rings. The summed E-state index contributed by atoms with van der Waals surface area (Å²) >= 11 is 0. The van der Waals surface area contributed by atoms with Gasteiger partial charge in [0.2, 0.25) is 0 Å². The zero-order valence-electron chi connectivity index (χ0n) is 11.6. The van der Waals surface area contributed by atoms with Gasteiger partial charge in [-0.15, -0.1) is 0 Å². The first-order valence-corrected chi connectivity index (χ1v) is 6.68. The molecule has 0 bridgehead atoms. The Bertz CT molecular complexity index is 748. The van der Waals surface area contributed by atoms with Crippen molar-refractivity contribution in [1.82, 2.24) is 4.98 Å². The molecule has 2 N–H and O–H groups in total. The molecule has 0 saturated carbocycles. The number of nitrogens with two attached hydrogens (primary N) is 1. The molecule has 0 amide bonds. The molecule has 0 saturated heterocycles. The standard InChI is InChI=1S/C16H17N3O/c1-3-19(14-7-5-4-6-11(14)2)16-18-13-9-8-12(17)10-15(13)20-16/h4-10H,3,17H2,1-2H3. The van der Waals surface area contributed by atoms with E-state index in [-0.39, 0.29) is 0 Å². The van der Waals surface area contributed by atoms with Gasteiger partial charge in [-0.25, -0.2) is 0 Å². The largest absolute Gasteiger partial charge is 0.423 e. The van der Waals surface area contributed by atoms with Crippen LogP contribution in [-0.2, 0) is 0 Å². The molecule has 3 aromatic rings. The molecular formula is C16H17N3O. The average Bonchev–Trinajstić information content (AvgIpc) is 2.84. The summed E-state index contributed by atoms with van der Waals surface area (Å²) in [6.07, 6.45) is 0. The molecule has 0 aliphatic carbocycles. The first kappa shape index (κ1) is 12.5. The summed E-state index contributed by atoms with van der Waals surface area (Å²) in [6.45, 7) is 4.95. The lowest BCUT2D eigenvalue weighted by Gasteiger charge is -2.20. The first-order valence-electron chi connectivity index (χ1n) is 6.68. The highest BCUT2D eigenvalue weighted by molar-refractivity contribution is 5.79. The fourth-order valence-corrected chi connectivity index (χ4v) is 2.32. The highest BCUT2D eigenvalue weighted by Crippen LogP contribution is 2.30. The van der Waals surface area contributed by atoms with Gasteiger partial charge in [-0.05, 0) is 37.6 Å². The number of hydrogen-bond donors (Lipinski definition) is 1. The summed E-state index contributed by atoms with van der Waals surface area (Å²) in [5, 5.41) is 0. The van der Waals surface area contributed by atoms with Crippen LogP contribution < -0.4 is 10.6 Å². The van der Waals surface area contributed by atoms with Crippen molar-refractivity contribution in [2.75, 3.05) is 17.2 Å². The van der Waals surface area contributed by atoms with Crippen LogP contribution in [0.15, 0.2) is 46.9 Å². The van der Waals surface area contributed by atoms with E-state index in [2.05, 4.69) is 35.9 Å². The van der Waals surface area contributed by atoms with Gasteiger partial charge in [0.05, 0.1) is 0 Å². The van der Waals surface area contributed by atoms with Crippen LogP contribution in [0.2, 0.25) is 0 Å². The van der Waals surface area contributed by atoms with Gasteiger partial charge in [-0.2, -0.15) is 4.98 Å². The third kappa shape index (κ3) is 2.09. The van der Waals surface area contributed by atoms with Crippen molar-refractivity contribution in [3.05, 3.63) is 48.0 Å². The van der Waals surface area contributed by atoms with Crippen molar-refractivity contribution in [2.24, 2.45) is 0 Å². The Kier molecular flexibility index (Phi) is 3.06. The van der Waals surface area contributed by atoms with Crippen molar-refractivity contribution in [3.63, 3.8) is 0 Å². The number of nitrogen functional groups attached to an aromatic ring is 1. The van der Waals surface area contributed by atoms with E-state index < -0.39 is 0 Å². The lowest BCUT2D eigenvalue weighted by molar-refractivity contribution is 0.595. The molecule has 0 spiro atoms. The van der Waals surface area contributed by atoms with E-state index in [4.69, 9.17) is 10.2 Å². The highest BCUT2D eigenvalue weighted by atomic mass is 16.4. The summed E-state index contributed by atoms with van der Waals surface area (Å²) in [7, 11) is 0. The molecule has 4 nitrogen and oxygen atoms in total. The lowest BCUT2D eigenvalue weighted by Crippen LogP contribution is -2.17. The van der Waals surface area contributed by atoms with Crippen molar-refractivity contribution in [3.8, 4) is 0 Å². The molecule has 0 aliphatic heterocycles. The number of rotatable bonds is 3. The number of aryl methyl sites for hydroxylation is 1. The Hall–Kier alpha value is -2.49. The molecule has 102 valence electrons.